The van der Waals surface area contributed by atoms with Crippen LogP contribution >= 0.6 is 0 Å². The lowest BCUT2D eigenvalue weighted by Crippen LogP contribution is -2.44. The molecule has 2 bridgehead atoms. The summed E-state index contributed by atoms with van der Waals surface area (Å²) < 4.78 is 62.1. The van der Waals surface area contributed by atoms with E-state index >= 15 is 0 Å². The van der Waals surface area contributed by atoms with Gasteiger partial charge in [-0.1, -0.05) is 12.1 Å². The van der Waals surface area contributed by atoms with Crippen LogP contribution in [-0.4, -0.2) is 42.8 Å². The zero-order chi connectivity index (χ0) is 15.4. The van der Waals surface area contributed by atoms with Crippen LogP contribution in [0.2, 0.25) is 0 Å². The van der Waals surface area contributed by atoms with Crippen LogP contribution in [-0.2, 0) is 16.0 Å². The Hall–Kier alpha value is -1.57. The molecular formula is C13H12F3NO3S. The molecule has 21 heavy (non-hydrogen) atoms. The Kier molecular flexibility index (Phi) is 3.05. The van der Waals surface area contributed by atoms with Crippen molar-refractivity contribution in [3.63, 3.8) is 0 Å². The highest BCUT2D eigenvalue weighted by Gasteiger charge is 2.50. The van der Waals surface area contributed by atoms with Crippen molar-refractivity contribution in [2.24, 2.45) is 0 Å². The largest absolute Gasteiger partial charge is 0.417 e. The van der Waals surface area contributed by atoms with Gasteiger partial charge in [-0.3, -0.25) is 4.79 Å². The molecule has 2 atom stereocenters. The van der Waals surface area contributed by atoms with E-state index in [4.69, 9.17) is 0 Å². The van der Waals surface area contributed by atoms with Gasteiger partial charge in [-0.25, -0.2) is 8.42 Å². The lowest BCUT2D eigenvalue weighted by atomic mass is 10.1. The normalized spacial score (nSPS) is 27.1. The number of amides is 1. The lowest BCUT2D eigenvalue weighted by Gasteiger charge is -2.27. The molecule has 2 aliphatic rings. The van der Waals surface area contributed by atoms with Crippen LogP contribution in [0.25, 0.3) is 0 Å². The Balaban J connectivity index is 1.92. The van der Waals surface area contributed by atoms with Crippen molar-refractivity contribution in [2.45, 2.75) is 23.9 Å². The first-order chi connectivity index (χ1) is 9.70. The fourth-order valence-electron chi connectivity index (χ4n) is 3.02. The number of likely N-dealkylation sites (tertiary alicyclic amines) is 1. The predicted molar refractivity (Wildman–Crippen MR) is 68.5 cm³/mol. The first-order valence-electron chi connectivity index (χ1n) is 6.39. The first kappa shape index (κ1) is 14.4. The molecule has 1 aromatic carbocycles. The quantitative estimate of drug-likeness (QED) is 0.792. The van der Waals surface area contributed by atoms with Crippen LogP contribution in [0.5, 0.6) is 0 Å². The Morgan fingerprint density at radius 3 is 2.43 bits per heavy atom. The minimum Gasteiger partial charge on any atom is -0.333 e. The second-order valence-corrected chi connectivity index (χ2v) is 7.67. The molecule has 0 spiro atoms. The average Bonchev–Trinajstić information content (AvgIpc) is 2.92. The maximum absolute atomic E-state index is 12.9. The van der Waals surface area contributed by atoms with Crippen LogP contribution in [0, 0.1) is 0 Å². The Morgan fingerprint density at radius 2 is 1.90 bits per heavy atom. The second-order valence-electron chi connectivity index (χ2n) is 5.34. The SMILES string of the molecule is O=C(c1ccccc1C(F)(F)F)N1CC2CC1CS2(=O)=O. The van der Waals surface area contributed by atoms with Crippen molar-refractivity contribution >= 4 is 15.7 Å². The second kappa shape index (κ2) is 4.46. The van der Waals surface area contributed by atoms with E-state index < -0.39 is 44.3 Å². The summed E-state index contributed by atoms with van der Waals surface area (Å²) in [5.41, 5.74) is -1.41. The molecule has 2 unspecified atom stereocenters. The number of sulfone groups is 1. The topological polar surface area (TPSA) is 54.5 Å². The number of fused-ring (bicyclic) bond motifs is 2. The number of rotatable bonds is 1. The van der Waals surface area contributed by atoms with E-state index in [2.05, 4.69) is 0 Å². The molecule has 2 aliphatic heterocycles. The van der Waals surface area contributed by atoms with Gasteiger partial charge in [0.05, 0.1) is 22.1 Å². The number of hydrogen-bond acceptors (Lipinski definition) is 3. The van der Waals surface area contributed by atoms with Gasteiger partial charge in [0, 0.05) is 12.6 Å². The molecule has 2 heterocycles. The van der Waals surface area contributed by atoms with Crippen molar-refractivity contribution < 1.29 is 26.4 Å². The number of nitrogens with zero attached hydrogens (tertiary/aromatic N) is 1. The van der Waals surface area contributed by atoms with Gasteiger partial charge in [-0.05, 0) is 18.6 Å². The molecule has 2 fully saturated rings. The molecule has 1 aromatic rings. The minimum absolute atomic E-state index is 0.0158. The van der Waals surface area contributed by atoms with Gasteiger partial charge in [0.2, 0.25) is 0 Å². The number of carbonyl (C=O) groups is 1. The number of alkyl halides is 3. The van der Waals surface area contributed by atoms with Gasteiger partial charge < -0.3 is 4.90 Å². The Bertz CT molecular complexity index is 699. The summed E-state index contributed by atoms with van der Waals surface area (Å²) in [6, 6.07) is 4.08. The van der Waals surface area contributed by atoms with E-state index in [1.54, 1.807) is 0 Å². The maximum Gasteiger partial charge on any atom is 0.417 e. The van der Waals surface area contributed by atoms with E-state index in [0.717, 1.165) is 12.1 Å². The molecule has 1 amide bonds. The zero-order valence-corrected chi connectivity index (χ0v) is 11.6. The number of carbonyl (C=O) groups excluding carboxylic acids is 1. The van der Waals surface area contributed by atoms with Crippen molar-refractivity contribution in [3.05, 3.63) is 35.4 Å². The molecule has 4 nitrogen and oxygen atoms in total. The first-order valence-corrected chi connectivity index (χ1v) is 8.10. The molecule has 0 aliphatic carbocycles. The summed E-state index contributed by atoms with van der Waals surface area (Å²) in [6.45, 7) is -0.0158. The summed E-state index contributed by atoms with van der Waals surface area (Å²) >= 11 is 0. The molecular weight excluding hydrogens is 307 g/mol. The number of hydrogen-bond donors (Lipinski definition) is 0. The van der Waals surface area contributed by atoms with Gasteiger partial charge in [0.15, 0.2) is 9.84 Å². The molecule has 8 heteroatoms. The van der Waals surface area contributed by atoms with Crippen molar-refractivity contribution in [3.8, 4) is 0 Å². The molecule has 0 N–H and O–H groups in total. The average molecular weight is 319 g/mol. The molecule has 2 saturated heterocycles. The van der Waals surface area contributed by atoms with Gasteiger partial charge >= 0.3 is 6.18 Å². The smallest absolute Gasteiger partial charge is 0.333 e. The molecule has 3 rings (SSSR count). The molecule has 0 aromatic heterocycles. The van der Waals surface area contributed by atoms with E-state index in [0.29, 0.717) is 6.42 Å². The van der Waals surface area contributed by atoms with Crippen LogP contribution in [0.4, 0.5) is 13.2 Å². The van der Waals surface area contributed by atoms with Gasteiger partial charge in [-0.15, -0.1) is 0 Å². The molecule has 114 valence electrons. The summed E-state index contributed by atoms with van der Waals surface area (Å²) in [6.07, 6.45) is -4.29. The van der Waals surface area contributed by atoms with Crippen molar-refractivity contribution in [2.75, 3.05) is 12.3 Å². The Morgan fingerprint density at radius 1 is 1.24 bits per heavy atom. The summed E-state index contributed by atoms with van der Waals surface area (Å²) in [5.74, 6) is -0.900. The highest BCUT2D eigenvalue weighted by Crippen LogP contribution is 2.37. The third kappa shape index (κ3) is 2.31. The monoisotopic (exact) mass is 319 g/mol. The summed E-state index contributed by atoms with van der Waals surface area (Å²) in [5, 5.41) is -0.635. The zero-order valence-electron chi connectivity index (χ0n) is 10.8. The third-order valence-corrected chi connectivity index (χ3v) is 6.24. The van der Waals surface area contributed by atoms with E-state index in [1.165, 1.54) is 17.0 Å². The van der Waals surface area contributed by atoms with Crippen LogP contribution in [0.15, 0.2) is 24.3 Å². The summed E-state index contributed by atoms with van der Waals surface area (Å²) in [7, 11) is -3.19. The molecule has 0 radical (unpaired) electrons. The van der Waals surface area contributed by atoms with Gasteiger partial charge in [0.1, 0.15) is 0 Å². The predicted octanol–water partition coefficient (Wildman–Crippen LogP) is 1.72. The van der Waals surface area contributed by atoms with E-state index in [9.17, 15) is 26.4 Å². The standard InChI is InChI=1S/C13H12F3NO3S/c14-13(15,16)11-4-2-1-3-10(11)12(18)17-6-9-5-8(17)7-21(9,19)20/h1-4,8-9H,5-7H2. The number of benzene rings is 1. The highest BCUT2D eigenvalue weighted by molar-refractivity contribution is 7.92. The van der Waals surface area contributed by atoms with Crippen LogP contribution in [0.3, 0.4) is 0 Å². The van der Waals surface area contributed by atoms with Crippen LogP contribution in [0.1, 0.15) is 22.3 Å². The fraction of sp³-hybridized carbons (Fsp3) is 0.462. The van der Waals surface area contributed by atoms with Crippen molar-refractivity contribution in [1.82, 2.24) is 4.90 Å². The molecule has 0 saturated carbocycles. The third-order valence-electron chi connectivity index (χ3n) is 4.03. The van der Waals surface area contributed by atoms with Crippen molar-refractivity contribution in [1.29, 1.82) is 0 Å². The highest BCUT2D eigenvalue weighted by atomic mass is 32.2. The summed E-state index contributed by atoms with van der Waals surface area (Å²) in [4.78, 5) is 13.6. The van der Waals surface area contributed by atoms with Crippen LogP contribution < -0.4 is 0 Å². The van der Waals surface area contributed by atoms with E-state index in [1.807, 2.05) is 0 Å². The lowest BCUT2D eigenvalue weighted by molar-refractivity contribution is -0.138. The fourth-order valence-corrected chi connectivity index (χ4v) is 5.04. The number of halogens is 3. The van der Waals surface area contributed by atoms with Gasteiger partial charge in [0.25, 0.3) is 5.91 Å². The van der Waals surface area contributed by atoms with Gasteiger partial charge in [-0.2, -0.15) is 13.2 Å². The Labute approximate surface area is 119 Å². The maximum atomic E-state index is 12.9. The minimum atomic E-state index is -4.61. The van der Waals surface area contributed by atoms with E-state index in [-0.39, 0.29) is 12.3 Å².